The number of hydrogen-bond acceptors (Lipinski definition) is 7. The van der Waals surface area contributed by atoms with Gasteiger partial charge in [0.2, 0.25) is 5.91 Å². The van der Waals surface area contributed by atoms with E-state index in [1.807, 2.05) is 24.3 Å². The Labute approximate surface area is 235 Å². The number of nitriles is 3. The third kappa shape index (κ3) is 6.78. The van der Waals surface area contributed by atoms with Crippen LogP contribution in [0.5, 0.6) is 0 Å². The van der Waals surface area contributed by atoms with Crippen molar-refractivity contribution in [2.75, 3.05) is 13.1 Å². The quantitative estimate of drug-likeness (QED) is 0.536. The summed E-state index contributed by atoms with van der Waals surface area (Å²) in [7, 11) is 0. The minimum absolute atomic E-state index is 0.170. The van der Waals surface area contributed by atoms with Crippen molar-refractivity contribution in [3.05, 3.63) is 70.8 Å². The topological polar surface area (TPSA) is 124 Å². The number of benzene rings is 2. The molecule has 2 heterocycles. The molecule has 2 aromatic carbocycles. The molecule has 2 aliphatic heterocycles. The number of hydrogen-bond donors (Lipinski definition) is 0. The third-order valence-corrected chi connectivity index (χ3v) is 7.33. The van der Waals surface area contributed by atoms with Gasteiger partial charge in [-0.2, -0.15) is 15.8 Å². The Bertz CT molecular complexity index is 1280. The van der Waals surface area contributed by atoms with Crippen LogP contribution in [-0.4, -0.2) is 63.5 Å². The number of rotatable bonds is 6. The van der Waals surface area contributed by atoms with E-state index in [1.165, 1.54) is 4.90 Å². The fraction of sp³-hybridized carbons (Fsp3) is 0.452. The maximum absolute atomic E-state index is 13.8. The fourth-order valence-electron chi connectivity index (χ4n) is 5.34. The first kappa shape index (κ1) is 28.6. The van der Waals surface area contributed by atoms with Crippen molar-refractivity contribution in [2.45, 2.75) is 76.8 Å². The molecule has 2 fully saturated rings. The smallest absolute Gasteiger partial charge is 0.411 e. The minimum atomic E-state index is -0.738. The normalized spacial score (nSPS) is 20.6. The van der Waals surface area contributed by atoms with Gasteiger partial charge < -0.3 is 9.64 Å². The molecule has 4 rings (SSSR count). The summed E-state index contributed by atoms with van der Waals surface area (Å²) >= 11 is 0. The molecule has 0 radical (unpaired) electrons. The Morgan fingerprint density at radius 3 is 1.95 bits per heavy atom. The second-order valence-corrected chi connectivity index (χ2v) is 11.4. The number of carbonyl (C=O) groups is 2. The van der Waals surface area contributed by atoms with E-state index < -0.39 is 23.8 Å². The van der Waals surface area contributed by atoms with E-state index in [1.54, 1.807) is 49.9 Å². The summed E-state index contributed by atoms with van der Waals surface area (Å²) in [6.07, 6.45) is 1.25. The van der Waals surface area contributed by atoms with Gasteiger partial charge in [-0.25, -0.2) is 4.79 Å². The molecule has 0 bridgehead atoms. The minimum Gasteiger partial charge on any atom is -0.444 e. The van der Waals surface area contributed by atoms with Crippen LogP contribution < -0.4 is 0 Å². The summed E-state index contributed by atoms with van der Waals surface area (Å²) in [5, 5.41) is 28.0. The van der Waals surface area contributed by atoms with Crippen molar-refractivity contribution in [3.8, 4) is 18.2 Å². The van der Waals surface area contributed by atoms with Crippen molar-refractivity contribution in [2.24, 2.45) is 0 Å². The van der Waals surface area contributed by atoms with E-state index in [0.29, 0.717) is 50.1 Å². The number of carbonyl (C=O) groups excluding carboxylic acids is 2. The maximum Gasteiger partial charge on any atom is 0.411 e. The molecule has 2 aliphatic rings. The first-order valence-electron chi connectivity index (χ1n) is 13.5. The summed E-state index contributed by atoms with van der Waals surface area (Å²) in [5.41, 5.74) is 2.41. The molecule has 0 aromatic heterocycles. The summed E-state index contributed by atoms with van der Waals surface area (Å²) < 4.78 is 5.71. The lowest BCUT2D eigenvalue weighted by Gasteiger charge is -2.31. The highest BCUT2D eigenvalue weighted by Gasteiger charge is 2.46. The van der Waals surface area contributed by atoms with Crippen LogP contribution in [0.15, 0.2) is 48.5 Å². The van der Waals surface area contributed by atoms with Gasteiger partial charge in [0.1, 0.15) is 17.7 Å². The molecule has 0 saturated carbocycles. The van der Waals surface area contributed by atoms with Crippen LogP contribution in [0.4, 0.5) is 4.79 Å². The van der Waals surface area contributed by atoms with E-state index >= 15 is 0 Å². The van der Waals surface area contributed by atoms with Gasteiger partial charge >= 0.3 is 6.09 Å². The van der Waals surface area contributed by atoms with Gasteiger partial charge in [0.05, 0.1) is 29.3 Å². The maximum atomic E-state index is 13.8. The zero-order valence-electron chi connectivity index (χ0n) is 23.2. The first-order valence-corrected chi connectivity index (χ1v) is 13.5. The van der Waals surface area contributed by atoms with Gasteiger partial charge in [-0.1, -0.05) is 24.3 Å². The number of nitrogens with zero attached hydrogens (tertiary/aromatic N) is 6. The SMILES string of the molecule is CC(C)(C)OC(=O)N1C[C@@H](N(Cc2ccc(C#N)cc2)Cc2ccc(C#N)cc2)C[C@H]1C(=O)N1CCC[C@H]1C#N. The second-order valence-electron chi connectivity index (χ2n) is 11.4. The molecule has 9 nitrogen and oxygen atoms in total. The van der Waals surface area contributed by atoms with Crippen molar-refractivity contribution < 1.29 is 14.3 Å². The molecule has 2 saturated heterocycles. The van der Waals surface area contributed by atoms with Crippen molar-refractivity contribution >= 4 is 12.0 Å². The van der Waals surface area contributed by atoms with Crippen molar-refractivity contribution in [3.63, 3.8) is 0 Å². The number of amides is 2. The Balaban J connectivity index is 1.64. The molecular weight excluding hydrogens is 504 g/mol. The lowest BCUT2D eigenvalue weighted by atomic mass is 10.1. The average molecular weight is 539 g/mol. The Morgan fingerprint density at radius 2 is 1.48 bits per heavy atom. The molecule has 2 aromatic rings. The first-order chi connectivity index (χ1) is 19.1. The highest BCUT2D eigenvalue weighted by molar-refractivity contribution is 5.87. The molecule has 0 spiro atoms. The van der Waals surface area contributed by atoms with Gasteiger partial charge in [0.15, 0.2) is 0 Å². The Kier molecular flexibility index (Phi) is 8.73. The average Bonchev–Trinajstić information content (AvgIpc) is 3.60. The van der Waals surface area contributed by atoms with Crippen LogP contribution in [0.2, 0.25) is 0 Å². The van der Waals surface area contributed by atoms with Crippen LogP contribution in [0.3, 0.4) is 0 Å². The van der Waals surface area contributed by atoms with Gasteiger partial charge in [-0.15, -0.1) is 0 Å². The van der Waals surface area contributed by atoms with E-state index in [-0.39, 0.29) is 11.9 Å². The van der Waals surface area contributed by atoms with Crippen LogP contribution in [0.25, 0.3) is 0 Å². The van der Waals surface area contributed by atoms with Gasteiger partial charge in [-0.05, 0) is 75.4 Å². The molecule has 0 unspecified atom stereocenters. The predicted octanol–water partition coefficient (Wildman–Crippen LogP) is 4.32. The van der Waals surface area contributed by atoms with Gasteiger partial charge in [-0.3, -0.25) is 14.6 Å². The third-order valence-electron chi connectivity index (χ3n) is 7.33. The predicted molar refractivity (Wildman–Crippen MR) is 147 cm³/mol. The van der Waals surface area contributed by atoms with Crippen LogP contribution in [-0.2, 0) is 22.6 Å². The molecular formula is C31H34N6O3. The monoisotopic (exact) mass is 538 g/mol. The molecule has 3 atom stereocenters. The molecule has 0 N–H and O–H groups in total. The molecule has 9 heteroatoms. The summed E-state index contributed by atoms with van der Waals surface area (Å²) in [6, 6.07) is 19.9. The highest BCUT2D eigenvalue weighted by atomic mass is 16.6. The van der Waals surface area contributed by atoms with Crippen molar-refractivity contribution in [1.29, 1.82) is 15.8 Å². The molecule has 2 amide bonds. The summed E-state index contributed by atoms with van der Waals surface area (Å²) in [6.45, 7) is 7.24. The Hall–Kier alpha value is -4.39. The van der Waals surface area contributed by atoms with Crippen molar-refractivity contribution in [1.82, 2.24) is 14.7 Å². The Morgan fingerprint density at radius 1 is 0.925 bits per heavy atom. The van der Waals surface area contributed by atoms with Gasteiger partial charge in [0.25, 0.3) is 0 Å². The second kappa shape index (κ2) is 12.2. The zero-order chi connectivity index (χ0) is 28.9. The fourth-order valence-corrected chi connectivity index (χ4v) is 5.34. The molecule has 40 heavy (non-hydrogen) atoms. The summed E-state index contributed by atoms with van der Waals surface area (Å²) in [5.74, 6) is -0.214. The van der Waals surface area contributed by atoms with Crippen LogP contribution >= 0.6 is 0 Å². The highest BCUT2D eigenvalue weighted by Crippen LogP contribution is 2.30. The summed E-state index contributed by atoms with van der Waals surface area (Å²) in [4.78, 5) is 32.5. The number of likely N-dealkylation sites (tertiary alicyclic amines) is 2. The number of ether oxygens (including phenoxy) is 1. The largest absolute Gasteiger partial charge is 0.444 e. The van der Waals surface area contributed by atoms with E-state index in [2.05, 4.69) is 23.1 Å². The lowest BCUT2D eigenvalue weighted by molar-refractivity contribution is -0.135. The zero-order valence-corrected chi connectivity index (χ0v) is 23.2. The van der Waals surface area contributed by atoms with Crippen LogP contribution in [0.1, 0.15) is 62.3 Å². The van der Waals surface area contributed by atoms with Gasteiger partial charge in [0, 0.05) is 32.2 Å². The molecule has 0 aliphatic carbocycles. The standard InChI is InChI=1S/C31H34N6O3/c1-31(2,3)40-30(39)37-21-27(15-28(37)29(38)36-14-4-5-26(36)18-34)35(19-24-10-6-22(16-32)7-11-24)20-25-12-8-23(17-33)9-13-25/h6-13,26-28H,4-5,14-15,19-21H2,1-3H3/t26-,27-,28-/m0/s1. The van der Waals surface area contributed by atoms with Crippen LogP contribution in [0, 0.1) is 34.0 Å². The van der Waals surface area contributed by atoms with E-state index in [0.717, 1.165) is 17.5 Å². The van der Waals surface area contributed by atoms with E-state index in [9.17, 15) is 25.4 Å². The molecule has 206 valence electrons. The van der Waals surface area contributed by atoms with E-state index in [4.69, 9.17) is 4.74 Å². The lowest BCUT2D eigenvalue weighted by Crippen LogP contribution is -2.50.